The number of carboxylic acid groups (broad SMARTS) is 1. The Morgan fingerprint density at radius 1 is 1.37 bits per heavy atom. The second-order valence-corrected chi connectivity index (χ2v) is 7.46. The van der Waals surface area contributed by atoms with Crippen LogP contribution in [0.15, 0.2) is 18.2 Å². The minimum atomic E-state index is -1.29. The van der Waals surface area contributed by atoms with E-state index in [0.717, 1.165) is 12.8 Å². The van der Waals surface area contributed by atoms with E-state index >= 15 is 0 Å². The quantitative estimate of drug-likeness (QED) is 0.830. The predicted octanol–water partition coefficient (Wildman–Crippen LogP) is 3.13. The summed E-state index contributed by atoms with van der Waals surface area (Å²) in [7, 11) is 0. The number of amides is 1. The lowest BCUT2D eigenvalue weighted by atomic mass is 9.77. The van der Waals surface area contributed by atoms with Gasteiger partial charge in [0.05, 0.1) is 16.4 Å². The monoisotopic (exact) mass is 394 g/mol. The van der Waals surface area contributed by atoms with Gasteiger partial charge in [-0.2, -0.15) is 0 Å². The Morgan fingerprint density at radius 3 is 2.63 bits per heavy atom. The lowest BCUT2D eigenvalue weighted by Gasteiger charge is -2.36. The molecule has 1 heterocycles. The van der Waals surface area contributed by atoms with Gasteiger partial charge < -0.3 is 10.4 Å². The van der Waals surface area contributed by atoms with Crippen molar-refractivity contribution in [3.05, 3.63) is 40.4 Å². The number of nitrogens with zero attached hydrogens (tertiary/aromatic N) is 3. The Balaban J connectivity index is 1.86. The molecular formula is C18H20ClFN4O3. The first kappa shape index (κ1) is 19.3. The van der Waals surface area contributed by atoms with Crippen molar-refractivity contribution in [2.75, 3.05) is 0 Å². The number of carboxylic acids is 1. The van der Waals surface area contributed by atoms with E-state index in [-0.39, 0.29) is 10.7 Å². The number of hydrogen-bond acceptors (Lipinski definition) is 4. The SMILES string of the molecule is Cc1c(C(=O)NC2(C(=O)O)CCC(C)CC2)nnn1-c1ccc(F)c(Cl)c1. The molecule has 27 heavy (non-hydrogen) atoms. The van der Waals surface area contributed by atoms with Gasteiger partial charge in [0.2, 0.25) is 0 Å². The molecular weight excluding hydrogens is 375 g/mol. The van der Waals surface area contributed by atoms with E-state index in [1.54, 1.807) is 6.92 Å². The molecule has 0 atom stereocenters. The van der Waals surface area contributed by atoms with Crippen LogP contribution in [0, 0.1) is 18.7 Å². The van der Waals surface area contributed by atoms with Crippen LogP contribution in [0.25, 0.3) is 5.69 Å². The summed E-state index contributed by atoms with van der Waals surface area (Å²) < 4.78 is 14.7. The van der Waals surface area contributed by atoms with Crippen LogP contribution in [0.2, 0.25) is 5.02 Å². The van der Waals surface area contributed by atoms with Crippen molar-refractivity contribution in [3.8, 4) is 5.69 Å². The maximum Gasteiger partial charge on any atom is 0.329 e. The summed E-state index contributed by atoms with van der Waals surface area (Å²) in [4.78, 5) is 24.5. The van der Waals surface area contributed by atoms with Gasteiger partial charge in [-0.1, -0.05) is 23.7 Å². The van der Waals surface area contributed by atoms with Gasteiger partial charge in [-0.15, -0.1) is 5.10 Å². The van der Waals surface area contributed by atoms with Crippen LogP contribution in [0.5, 0.6) is 0 Å². The fourth-order valence-electron chi connectivity index (χ4n) is 3.32. The summed E-state index contributed by atoms with van der Waals surface area (Å²) in [6, 6.07) is 4.04. The number of nitrogens with one attached hydrogen (secondary N) is 1. The van der Waals surface area contributed by atoms with E-state index < -0.39 is 23.2 Å². The molecule has 1 saturated carbocycles. The van der Waals surface area contributed by atoms with Crippen LogP contribution in [-0.4, -0.2) is 37.5 Å². The first-order valence-electron chi connectivity index (χ1n) is 8.67. The fourth-order valence-corrected chi connectivity index (χ4v) is 3.50. The Bertz CT molecular complexity index is 891. The molecule has 144 valence electrons. The highest BCUT2D eigenvalue weighted by molar-refractivity contribution is 6.30. The van der Waals surface area contributed by atoms with Gasteiger partial charge in [-0.3, -0.25) is 4.79 Å². The first-order valence-corrected chi connectivity index (χ1v) is 9.05. The van der Waals surface area contributed by atoms with Gasteiger partial charge in [0.15, 0.2) is 5.69 Å². The molecule has 3 rings (SSSR count). The molecule has 1 aromatic carbocycles. The van der Waals surface area contributed by atoms with Crippen molar-refractivity contribution in [2.24, 2.45) is 5.92 Å². The maximum absolute atomic E-state index is 13.4. The highest BCUT2D eigenvalue weighted by Crippen LogP contribution is 2.32. The number of halogens is 2. The number of carbonyl (C=O) groups is 2. The van der Waals surface area contributed by atoms with Crippen molar-refractivity contribution in [1.29, 1.82) is 0 Å². The molecule has 0 unspecified atom stereocenters. The number of aliphatic carboxylic acids is 1. The normalized spacial score (nSPS) is 22.4. The van der Waals surface area contributed by atoms with Crippen molar-refractivity contribution in [2.45, 2.75) is 45.1 Å². The van der Waals surface area contributed by atoms with Gasteiger partial charge in [0.25, 0.3) is 5.91 Å². The van der Waals surface area contributed by atoms with E-state index in [2.05, 4.69) is 22.6 Å². The van der Waals surface area contributed by atoms with Crippen LogP contribution in [0.1, 0.15) is 48.8 Å². The average molecular weight is 395 g/mol. The standard InChI is InChI=1S/C18H20ClFN4O3/c1-10-5-7-18(8-6-10,17(26)27)21-16(25)15-11(2)24(23-22-15)12-3-4-14(20)13(19)9-12/h3-4,9-10H,5-8H2,1-2H3,(H,21,25)(H,26,27). The zero-order valence-electron chi connectivity index (χ0n) is 15.0. The number of hydrogen-bond donors (Lipinski definition) is 2. The Kier molecular flexibility index (Phi) is 5.19. The van der Waals surface area contributed by atoms with Crippen LogP contribution in [-0.2, 0) is 4.79 Å². The van der Waals surface area contributed by atoms with Gasteiger partial charge in [-0.05, 0) is 56.7 Å². The first-order chi connectivity index (χ1) is 12.7. The summed E-state index contributed by atoms with van der Waals surface area (Å²) in [5.74, 6) is -1.77. The van der Waals surface area contributed by atoms with Crippen molar-refractivity contribution in [3.63, 3.8) is 0 Å². The minimum absolute atomic E-state index is 0.0229. The maximum atomic E-state index is 13.4. The molecule has 1 aliphatic rings. The Morgan fingerprint density at radius 2 is 2.04 bits per heavy atom. The second kappa shape index (κ2) is 7.26. The fraction of sp³-hybridized carbons (Fsp3) is 0.444. The number of carbonyl (C=O) groups excluding carboxylic acids is 1. The van der Waals surface area contributed by atoms with Crippen molar-refractivity contribution >= 4 is 23.5 Å². The van der Waals surface area contributed by atoms with E-state index in [1.165, 1.54) is 22.9 Å². The van der Waals surface area contributed by atoms with Crippen molar-refractivity contribution in [1.82, 2.24) is 20.3 Å². The zero-order valence-corrected chi connectivity index (χ0v) is 15.8. The third-order valence-corrected chi connectivity index (χ3v) is 5.44. The topological polar surface area (TPSA) is 97.1 Å². The summed E-state index contributed by atoms with van der Waals surface area (Å²) in [6.45, 7) is 3.69. The molecule has 2 N–H and O–H groups in total. The predicted molar refractivity (Wildman–Crippen MR) is 96.5 cm³/mol. The van der Waals surface area contributed by atoms with E-state index in [0.29, 0.717) is 30.1 Å². The minimum Gasteiger partial charge on any atom is -0.480 e. The highest BCUT2D eigenvalue weighted by Gasteiger charge is 2.43. The molecule has 0 bridgehead atoms. The summed E-state index contributed by atoms with van der Waals surface area (Å²) >= 11 is 5.80. The molecule has 7 nitrogen and oxygen atoms in total. The molecule has 1 amide bonds. The molecule has 2 aromatic rings. The summed E-state index contributed by atoms with van der Waals surface area (Å²) in [6.07, 6.45) is 2.20. The lowest BCUT2D eigenvalue weighted by molar-refractivity contribution is -0.146. The summed E-state index contributed by atoms with van der Waals surface area (Å²) in [5, 5.41) is 20.1. The van der Waals surface area contributed by atoms with Crippen LogP contribution >= 0.6 is 11.6 Å². The molecule has 0 aliphatic heterocycles. The third-order valence-electron chi connectivity index (χ3n) is 5.15. The Labute approximate surface area is 160 Å². The van der Waals surface area contributed by atoms with Gasteiger partial charge in [0, 0.05) is 0 Å². The molecule has 1 aromatic heterocycles. The number of benzene rings is 1. The van der Waals surface area contributed by atoms with Gasteiger partial charge >= 0.3 is 5.97 Å². The molecule has 1 fully saturated rings. The van der Waals surface area contributed by atoms with E-state index in [9.17, 15) is 19.1 Å². The van der Waals surface area contributed by atoms with Crippen molar-refractivity contribution < 1.29 is 19.1 Å². The lowest BCUT2D eigenvalue weighted by Crippen LogP contribution is -2.56. The number of aromatic nitrogens is 3. The molecule has 0 radical (unpaired) electrons. The largest absolute Gasteiger partial charge is 0.480 e. The third kappa shape index (κ3) is 3.66. The molecule has 0 saturated heterocycles. The second-order valence-electron chi connectivity index (χ2n) is 7.06. The molecule has 1 aliphatic carbocycles. The van der Waals surface area contributed by atoms with Crippen LogP contribution in [0.3, 0.4) is 0 Å². The number of rotatable bonds is 4. The zero-order chi connectivity index (χ0) is 19.8. The van der Waals surface area contributed by atoms with Gasteiger partial charge in [0.1, 0.15) is 11.4 Å². The van der Waals surface area contributed by atoms with E-state index in [4.69, 9.17) is 11.6 Å². The van der Waals surface area contributed by atoms with E-state index in [1.807, 2.05) is 0 Å². The van der Waals surface area contributed by atoms with Crippen LogP contribution < -0.4 is 5.32 Å². The molecule has 9 heteroatoms. The molecule has 0 spiro atoms. The van der Waals surface area contributed by atoms with Gasteiger partial charge in [-0.25, -0.2) is 13.9 Å². The smallest absolute Gasteiger partial charge is 0.329 e. The summed E-state index contributed by atoms with van der Waals surface area (Å²) in [5.41, 5.74) is -0.418. The highest BCUT2D eigenvalue weighted by atomic mass is 35.5. The average Bonchev–Trinajstić information content (AvgIpc) is 3.01. The Hall–Kier alpha value is -2.48. The van der Waals surface area contributed by atoms with Crippen LogP contribution in [0.4, 0.5) is 4.39 Å².